The first-order valence-electron chi connectivity index (χ1n) is 11.8. The number of nitrogens with zero attached hydrogens (tertiary/aromatic N) is 2. The number of rotatable bonds is 8. The van der Waals surface area contributed by atoms with E-state index in [0.717, 1.165) is 28.5 Å². The van der Waals surface area contributed by atoms with Crippen LogP contribution >= 0.6 is 0 Å². The fourth-order valence-corrected chi connectivity index (χ4v) is 5.07. The van der Waals surface area contributed by atoms with Crippen molar-refractivity contribution in [1.29, 1.82) is 0 Å². The monoisotopic (exact) mass is 463 g/mol. The molecule has 1 aromatic heterocycles. The normalized spacial score (nSPS) is 21.5. The highest BCUT2D eigenvalue weighted by Crippen LogP contribution is 2.46. The summed E-state index contributed by atoms with van der Waals surface area (Å²) in [5.74, 6) is -1.17. The van der Waals surface area contributed by atoms with Gasteiger partial charge in [-0.25, -0.2) is 0 Å². The molecule has 0 saturated carbocycles. The Bertz CT molecular complexity index is 1170. The van der Waals surface area contributed by atoms with Crippen LogP contribution in [0.25, 0.3) is 10.9 Å². The first kappa shape index (κ1) is 23.8. The van der Waals surface area contributed by atoms with Crippen molar-refractivity contribution in [2.75, 3.05) is 20.2 Å². The highest BCUT2D eigenvalue weighted by molar-refractivity contribution is 5.82. The van der Waals surface area contributed by atoms with Crippen molar-refractivity contribution in [1.82, 2.24) is 14.8 Å². The third kappa shape index (κ3) is 4.66. The Labute approximate surface area is 200 Å². The zero-order valence-corrected chi connectivity index (χ0v) is 20.2. The Balaban J connectivity index is 1.72. The predicted octanol–water partition coefficient (Wildman–Crippen LogP) is 3.94. The van der Waals surface area contributed by atoms with Gasteiger partial charge in [0.2, 0.25) is 5.91 Å². The van der Waals surface area contributed by atoms with Crippen molar-refractivity contribution in [3.8, 4) is 5.75 Å². The van der Waals surface area contributed by atoms with Gasteiger partial charge < -0.3 is 19.7 Å². The molecule has 7 nitrogen and oxygen atoms in total. The number of fused-ring (bicyclic) bond motifs is 1. The first-order valence-corrected chi connectivity index (χ1v) is 11.8. The van der Waals surface area contributed by atoms with E-state index in [1.165, 1.54) is 0 Å². The zero-order chi connectivity index (χ0) is 24.4. The molecular formula is C27H33N3O4. The Morgan fingerprint density at radius 2 is 1.85 bits per heavy atom. The third-order valence-corrected chi connectivity index (χ3v) is 7.04. The number of carbonyl (C=O) groups excluding carboxylic acids is 1. The maximum atomic E-state index is 12.8. The lowest BCUT2D eigenvalue weighted by Crippen LogP contribution is -2.41. The van der Waals surface area contributed by atoms with Gasteiger partial charge in [-0.05, 0) is 60.2 Å². The fourth-order valence-electron chi connectivity index (χ4n) is 5.07. The molecule has 0 spiro atoms. The number of hydrogen-bond acceptors (Lipinski definition) is 4. The molecule has 4 unspecified atom stereocenters. The second-order valence-corrected chi connectivity index (χ2v) is 9.24. The largest absolute Gasteiger partial charge is 0.497 e. The summed E-state index contributed by atoms with van der Waals surface area (Å²) in [6.07, 6.45) is 2.84. The van der Waals surface area contributed by atoms with Gasteiger partial charge in [0.25, 0.3) is 0 Å². The maximum Gasteiger partial charge on any atom is 0.309 e. The SMILES string of the molecule is CCC(C)NC(=O)CN1CC(c2ccc3c(ccn3C)c2)C(C(=O)O)C1c1ccc(OC)cc1. The van der Waals surface area contributed by atoms with Gasteiger partial charge in [0, 0.05) is 43.3 Å². The molecule has 4 atom stereocenters. The Morgan fingerprint density at radius 1 is 1.15 bits per heavy atom. The number of likely N-dealkylation sites (tertiary alicyclic amines) is 1. The van der Waals surface area contributed by atoms with Gasteiger partial charge in [0.15, 0.2) is 0 Å². The van der Waals surface area contributed by atoms with Crippen LogP contribution in [0.3, 0.4) is 0 Å². The molecule has 3 aromatic rings. The molecule has 2 aromatic carbocycles. The van der Waals surface area contributed by atoms with Crippen LogP contribution in [0.4, 0.5) is 0 Å². The summed E-state index contributed by atoms with van der Waals surface area (Å²) in [4.78, 5) is 27.5. The molecule has 4 rings (SSSR count). The number of ether oxygens (including phenoxy) is 1. The van der Waals surface area contributed by atoms with E-state index in [2.05, 4.69) is 11.4 Å². The number of carboxylic acids is 1. The minimum absolute atomic E-state index is 0.0705. The zero-order valence-electron chi connectivity index (χ0n) is 20.2. The molecular weight excluding hydrogens is 430 g/mol. The van der Waals surface area contributed by atoms with E-state index in [4.69, 9.17) is 4.74 Å². The molecule has 1 amide bonds. The molecule has 2 heterocycles. The number of benzene rings is 2. The van der Waals surface area contributed by atoms with Crippen LogP contribution in [0.15, 0.2) is 54.7 Å². The predicted molar refractivity (Wildman–Crippen MR) is 132 cm³/mol. The summed E-state index contributed by atoms with van der Waals surface area (Å²) < 4.78 is 7.34. The van der Waals surface area contributed by atoms with E-state index >= 15 is 0 Å². The molecule has 1 fully saturated rings. The number of amides is 1. The summed E-state index contributed by atoms with van der Waals surface area (Å²) in [7, 11) is 3.60. The third-order valence-electron chi connectivity index (χ3n) is 7.04. The average Bonchev–Trinajstić information content (AvgIpc) is 3.39. The molecule has 180 valence electrons. The minimum atomic E-state index is -0.858. The summed E-state index contributed by atoms with van der Waals surface area (Å²) in [5.41, 5.74) is 2.95. The topological polar surface area (TPSA) is 83.8 Å². The summed E-state index contributed by atoms with van der Waals surface area (Å²) >= 11 is 0. The summed E-state index contributed by atoms with van der Waals surface area (Å²) in [6, 6.07) is 15.3. The number of aromatic nitrogens is 1. The van der Waals surface area contributed by atoms with Gasteiger partial charge in [0.1, 0.15) is 5.75 Å². The van der Waals surface area contributed by atoms with E-state index in [1.807, 2.05) is 79.0 Å². The van der Waals surface area contributed by atoms with Crippen LogP contribution in [0, 0.1) is 5.92 Å². The van der Waals surface area contributed by atoms with Gasteiger partial charge in [-0.15, -0.1) is 0 Å². The average molecular weight is 464 g/mol. The van der Waals surface area contributed by atoms with E-state index in [0.29, 0.717) is 12.3 Å². The van der Waals surface area contributed by atoms with Gasteiger partial charge in [-0.1, -0.05) is 25.1 Å². The quantitative estimate of drug-likeness (QED) is 0.529. The standard InChI is InChI=1S/C27H33N3O4/c1-5-17(2)28-24(31)16-30-15-22(19-8-11-23-20(14-19)12-13-29(23)3)25(27(32)33)26(30)18-6-9-21(34-4)10-7-18/h6-14,17,22,25-26H,5,15-16H2,1-4H3,(H,28,31)(H,32,33). The van der Waals surface area contributed by atoms with Crippen molar-refractivity contribution < 1.29 is 19.4 Å². The number of carboxylic acid groups (broad SMARTS) is 1. The molecule has 0 aliphatic carbocycles. The van der Waals surface area contributed by atoms with Gasteiger partial charge >= 0.3 is 5.97 Å². The van der Waals surface area contributed by atoms with Crippen molar-refractivity contribution >= 4 is 22.8 Å². The van der Waals surface area contributed by atoms with E-state index in [9.17, 15) is 14.7 Å². The van der Waals surface area contributed by atoms with E-state index < -0.39 is 17.9 Å². The summed E-state index contributed by atoms with van der Waals surface area (Å²) in [5, 5.41) is 14.5. The second-order valence-electron chi connectivity index (χ2n) is 9.24. The Kier molecular flexibility index (Phi) is 6.93. The molecule has 0 radical (unpaired) electrons. The lowest BCUT2D eigenvalue weighted by Gasteiger charge is -2.27. The lowest BCUT2D eigenvalue weighted by atomic mass is 9.82. The Hall–Kier alpha value is -3.32. The minimum Gasteiger partial charge on any atom is -0.497 e. The molecule has 34 heavy (non-hydrogen) atoms. The van der Waals surface area contributed by atoms with Gasteiger partial charge in [0.05, 0.1) is 19.6 Å². The highest BCUT2D eigenvalue weighted by atomic mass is 16.5. The number of aliphatic carboxylic acids is 1. The van der Waals surface area contributed by atoms with Crippen LogP contribution in [-0.4, -0.2) is 52.7 Å². The lowest BCUT2D eigenvalue weighted by molar-refractivity contribution is -0.143. The highest BCUT2D eigenvalue weighted by Gasteiger charge is 2.47. The van der Waals surface area contributed by atoms with Gasteiger partial charge in [-0.3, -0.25) is 14.5 Å². The second kappa shape index (κ2) is 9.89. The van der Waals surface area contributed by atoms with Crippen molar-refractivity contribution in [3.05, 3.63) is 65.9 Å². The van der Waals surface area contributed by atoms with Crippen LogP contribution in [0.1, 0.15) is 43.4 Å². The molecule has 1 aliphatic rings. The smallest absolute Gasteiger partial charge is 0.309 e. The number of nitrogens with one attached hydrogen (secondary N) is 1. The molecule has 2 N–H and O–H groups in total. The number of methoxy groups -OCH3 is 1. The van der Waals surface area contributed by atoms with Gasteiger partial charge in [-0.2, -0.15) is 0 Å². The van der Waals surface area contributed by atoms with Crippen molar-refractivity contribution in [2.45, 2.75) is 38.3 Å². The molecule has 0 bridgehead atoms. The number of carbonyl (C=O) groups is 2. The maximum absolute atomic E-state index is 12.8. The fraction of sp³-hybridized carbons (Fsp3) is 0.407. The van der Waals surface area contributed by atoms with E-state index in [1.54, 1.807) is 7.11 Å². The summed E-state index contributed by atoms with van der Waals surface area (Å²) in [6.45, 7) is 4.63. The molecule has 1 aliphatic heterocycles. The molecule has 1 saturated heterocycles. The first-order chi connectivity index (χ1) is 16.3. The van der Waals surface area contributed by atoms with Crippen molar-refractivity contribution in [3.63, 3.8) is 0 Å². The molecule has 7 heteroatoms. The number of aryl methyl sites for hydroxylation is 1. The van der Waals surface area contributed by atoms with Crippen LogP contribution in [0.5, 0.6) is 5.75 Å². The van der Waals surface area contributed by atoms with E-state index in [-0.39, 0.29) is 24.4 Å². The Morgan fingerprint density at radius 3 is 2.50 bits per heavy atom. The van der Waals surface area contributed by atoms with Crippen LogP contribution in [0.2, 0.25) is 0 Å². The van der Waals surface area contributed by atoms with Crippen LogP contribution in [-0.2, 0) is 16.6 Å². The number of hydrogen-bond donors (Lipinski definition) is 2. The van der Waals surface area contributed by atoms with Crippen LogP contribution < -0.4 is 10.1 Å². The van der Waals surface area contributed by atoms with Crippen molar-refractivity contribution in [2.24, 2.45) is 13.0 Å².